The fourth-order valence-corrected chi connectivity index (χ4v) is 1.72. The van der Waals surface area contributed by atoms with Crippen molar-refractivity contribution in [3.8, 4) is 0 Å². The fourth-order valence-electron chi connectivity index (χ4n) is 1.72. The summed E-state index contributed by atoms with van der Waals surface area (Å²) < 4.78 is 0. The molecule has 5 heteroatoms. The maximum atomic E-state index is 4.45. The number of hydrogen-bond acceptors (Lipinski definition) is 5. The van der Waals surface area contributed by atoms with E-state index in [0.29, 0.717) is 12.5 Å². The van der Waals surface area contributed by atoms with Crippen molar-refractivity contribution in [1.82, 2.24) is 15.0 Å². The summed E-state index contributed by atoms with van der Waals surface area (Å²) in [6.07, 6.45) is 5.51. The number of aryl methyl sites for hydroxylation is 2. The maximum Gasteiger partial charge on any atom is 0.224 e. The van der Waals surface area contributed by atoms with Gasteiger partial charge >= 0.3 is 0 Å². The van der Waals surface area contributed by atoms with Gasteiger partial charge < -0.3 is 10.6 Å². The Morgan fingerprint density at radius 3 is 2.68 bits per heavy atom. The molecule has 5 nitrogen and oxygen atoms in total. The Bertz CT molecular complexity index is 553. The summed E-state index contributed by atoms with van der Waals surface area (Å²) in [5.41, 5.74) is 3.43. The summed E-state index contributed by atoms with van der Waals surface area (Å²) in [5, 5.41) is 6.45. The monoisotopic (exact) mass is 257 g/mol. The topological polar surface area (TPSA) is 62.7 Å². The highest BCUT2D eigenvalue weighted by molar-refractivity contribution is 5.47. The molecule has 0 unspecified atom stereocenters. The van der Waals surface area contributed by atoms with Crippen molar-refractivity contribution in [2.75, 3.05) is 17.2 Å². The van der Waals surface area contributed by atoms with Crippen LogP contribution < -0.4 is 10.6 Å². The highest BCUT2D eigenvalue weighted by Crippen LogP contribution is 2.14. The first kappa shape index (κ1) is 13.3. The van der Waals surface area contributed by atoms with Gasteiger partial charge in [0.05, 0.1) is 0 Å². The van der Waals surface area contributed by atoms with E-state index in [0.717, 1.165) is 17.9 Å². The molecule has 0 amide bonds. The molecule has 0 aliphatic carbocycles. The Morgan fingerprint density at radius 1 is 1.11 bits per heavy atom. The zero-order valence-corrected chi connectivity index (χ0v) is 11.6. The van der Waals surface area contributed by atoms with Gasteiger partial charge in [-0.2, -0.15) is 4.98 Å². The average molecular weight is 257 g/mol. The van der Waals surface area contributed by atoms with E-state index in [1.165, 1.54) is 11.1 Å². The van der Waals surface area contributed by atoms with Crippen molar-refractivity contribution in [1.29, 1.82) is 0 Å². The molecule has 19 heavy (non-hydrogen) atoms. The van der Waals surface area contributed by atoms with E-state index in [1.54, 1.807) is 6.20 Å². The van der Waals surface area contributed by atoms with Crippen LogP contribution in [0.1, 0.15) is 23.6 Å². The molecule has 0 fully saturated rings. The first-order valence-corrected chi connectivity index (χ1v) is 6.41. The minimum Gasteiger partial charge on any atom is -0.366 e. The lowest BCUT2D eigenvalue weighted by Crippen LogP contribution is -2.08. The largest absolute Gasteiger partial charge is 0.366 e. The fraction of sp³-hybridized carbons (Fsp3) is 0.357. The molecule has 0 bridgehead atoms. The van der Waals surface area contributed by atoms with Gasteiger partial charge in [0.1, 0.15) is 5.82 Å². The van der Waals surface area contributed by atoms with E-state index in [1.807, 2.05) is 32.3 Å². The minimum atomic E-state index is 0.651. The Hall–Kier alpha value is -2.17. The lowest BCUT2D eigenvalue weighted by Gasteiger charge is -2.11. The summed E-state index contributed by atoms with van der Waals surface area (Å²) in [5.74, 6) is 1.51. The minimum absolute atomic E-state index is 0.651. The van der Waals surface area contributed by atoms with Gasteiger partial charge in [0, 0.05) is 37.2 Å². The summed E-state index contributed by atoms with van der Waals surface area (Å²) >= 11 is 0. The number of anilines is 2. The van der Waals surface area contributed by atoms with Gasteiger partial charge in [-0.05, 0) is 38.0 Å². The van der Waals surface area contributed by atoms with Crippen molar-refractivity contribution in [2.24, 2.45) is 0 Å². The van der Waals surface area contributed by atoms with Gasteiger partial charge in [-0.25, -0.2) is 4.98 Å². The lowest BCUT2D eigenvalue weighted by atomic mass is 10.1. The van der Waals surface area contributed by atoms with Crippen LogP contribution in [0.5, 0.6) is 0 Å². The molecule has 0 aliphatic heterocycles. The number of pyridine rings is 1. The highest BCUT2D eigenvalue weighted by Gasteiger charge is 2.04. The van der Waals surface area contributed by atoms with Gasteiger partial charge in [0.2, 0.25) is 5.95 Å². The highest BCUT2D eigenvalue weighted by atomic mass is 15.1. The van der Waals surface area contributed by atoms with Crippen LogP contribution in [-0.4, -0.2) is 21.5 Å². The molecular weight excluding hydrogens is 238 g/mol. The second-order valence-corrected chi connectivity index (χ2v) is 4.41. The molecule has 0 saturated carbocycles. The quantitative estimate of drug-likeness (QED) is 0.861. The third kappa shape index (κ3) is 3.40. The first-order valence-electron chi connectivity index (χ1n) is 6.41. The van der Waals surface area contributed by atoms with E-state index in [2.05, 4.69) is 32.5 Å². The summed E-state index contributed by atoms with van der Waals surface area (Å²) in [7, 11) is 0. The predicted octanol–water partition coefficient (Wildman–Crippen LogP) is 2.53. The molecule has 2 heterocycles. The van der Waals surface area contributed by atoms with Crippen molar-refractivity contribution in [3.05, 3.63) is 41.3 Å². The number of aromatic nitrogens is 3. The molecule has 0 radical (unpaired) electrons. The summed E-state index contributed by atoms with van der Waals surface area (Å²) in [6.45, 7) is 7.62. The molecule has 0 saturated heterocycles. The van der Waals surface area contributed by atoms with Crippen LogP contribution in [0.3, 0.4) is 0 Å². The standard InChI is InChI=1S/C14H19N5/c1-4-16-14-18-7-11(3)13(19-14)17-9-12-8-15-6-5-10(12)2/h5-8H,4,9H2,1-3H3,(H2,16,17,18,19). The van der Waals surface area contributed by atoms with Crippen LogP contribution >= 0.6 is 0 Å². The van der Waals surface area contributed by atoms with Gasteiger partial charge in [0.15, 0.2) is 0 Å². The van der Waals surface area contributed by atoms with Crippen molar-refractivity contribution in [3.63, 3.8) is 0 Å². The van der Waals surface area contributed by atoms with Crippen LogP contribution in [-0.2, 0) is 6.54 Å². The summed E-state index contributed by atoms with van der Waals surface area (Å²) in [6, 6.07) is 2.01. The maximum absolute atomic E-state index is 4.45. The normalized spacial score (nSPS) is 10.3. The van der Waals surface area contributed by atoms with E-state index in [4.69, 9.17) is 0 Å². The zero-order valence-electron chi connectivity index (χ0n) is 11.6. The van der Waals surface area contributed by atoms with E-state index in [9.17, 15) is 0 Å². The number of nitrogens with zero attached hydrogens (tertiary/aromatic N) is 3. The van der Waals surface area contributed by atoms with E-state index < -0.39 is 0 Å². The smallest absolute Gasteiger partial charge is 0.224 e. The first-order chi connectivity index (χ1) is 9.20. The van der Waals surface area contributed by atoms with Crippen molar-refractivity contribution >= 4 is 11.8 Å². The Morgan fingerprint density at radius 2 is 1.95 bits per heavy atom. The Balaban J connectivity index is 2.10. The van der Waals surface area contributed by atoms with E-state index >= 15 is 0 Å². The molecule has 0 atom stereocenters. The third-order valence-electron chi connectivity index (χ3n) is 2.90. The number of nitrogens with one attached hydrogen (secondary N) is 2. The van der Waals surface area contributed by atoms with E-state index in [-0.39, 0.29) is 0 Å². The van der Waals surface area contributed by atoms with Crippen LogP contribution in [0.15, 0.2) is 24.7 Å². The molecule has 100 valence electrons. The second-order valence-electron chi connectivity index (χ2n) is 4.41. The Kier molecular flexibility index (Phi) is 4.28. The van der Waals surface area contributed by atoms with Crippen molar-refractivity contribution in [2.45, 2.75) is 27.3 Å². The molecule has 0 aliphatic rings. The summed E-state index contributed by atoms with van der Waals surface area (Å²) in [4.78, 5) is 12.8. The average Bonchev–Trinajstić information content (AvgIpc) is 2.41. The van der Waals surface area contributed by atoms with Crippen LogP contribution in [0.25, 0.3) is 0 Å². The van der Waals surface area contributed by atoms with Gasteiger partial charge in [-0.3, -0.25) is 4.98 Å². The Labute approximate surface area is 113 Å². The molecule has 0 aromatic carbocycles. The lowest BCUT2D eigenvalue weighted by molar-refractivity contribution is 1.02. The number of hydrogen-bond donors (Lipinski definition) is 2. The predicted molar refractivity (Wildman–Crippen MR) is 77.2 cm³/mol. The van der Waals surface area contributed by atoms with Crippen LogP contribution in [0, 0.1) is 13.8 Å². The van der Waals surface area contributed by atoms with Gasteiger partial charge in [-0.15, -0.1) is 0 Å². The van der Waals surface area contributed by atoms with Crippen LogP contribution in [0.4, 0.5) is 11.8 Å². The molecule has 2 aromatic rings. The molecule has 0 spiro atoms. The van der Waals surface area contributed by atoms with Crippen molar-refractivity contribution < 1.29 is 0 Å². The van der Waals surface area contributed by atoms with Gasteiger partial charge in [0.25, 0.3) is 0 Å². The second kappa shape index (κ2) is 6.13. The molecule has 2 N–H and O–H groups in total. The zero-order chi connectivity index (χ0) is 13.7. The number of rotatable bonds is 5. The third-order valence-corrected chi connectivity index (χ3v) is 2.90. The molecular formula is C14H19N5. The SMILES string of the molecule is CCNc1ncc(C)c(NCc2cnccc2C)n1. The molecule has 2 aromatic heterocycles. The van der Waals surface area contributed by atoms with Crippen LogP contribution in [0.2, 0.25) is 0 Å². The van der Waals surface area contributed by atoms with Gasteiger partial charge in [-0.1, -0.05) is 0 Å². The molecule has 2 rings (SSSR count).